The van der Waals surface area contributed by atoms with Gasteiger partial charge in [0.15, 0.2) is 17.4 Å². The highest BCUT2D eigenvalue weighted by molar-refractivity contribution is 7.92. The van der Waals surface area contributed by atoms with Gasteiger partial charge in [-0.2, -0.15) is 8.78 Å². The molecule has 0 aliphatic heterocycles. The van der Waals surface area contributed by atoms with Crippen molar-refractivity contribution in [3.63, 3.8) is 0 Å². The molecule has 0 spiro atoms. The van der Waals surface area contributed by atoms with Crippen molar-refractivity contribution >= 4 is 27.2 Å². The molecule has 0 unspecified atom stereocenters. The van der Waals surface area contributed by atoms with Gasteiger partial charge in [0, 0.05) is 41.2 Å². The number of aromatic amines is 1. The molecule has 0 saturated heterocycles. The van der Waals surface area contributed by atoms with Gasteiger partial charge in [0.1, 0.15) is 4.90 Å². The molecule has 0 aliphatic rings. The molecule has 0 radical (unpaired) electrons. The van der Waals surface area contributed by atoms with Crippen molar-refractivity contribution < 1.29 is 30.7 Å². The zero-order chi connectivity index (χ0) is 18.9. The molecule has 6 nitrogen and oxygen atoms in total. The number of aromatic nitrogens is 2. The summed E-state index contributed by atoms with van der Waals surface area (Å²) in [5.74, 6) is -3.65. The van der Waals surface area contributed by atoms with Gasteiger partial charge in [-0.3, -0.25) is 4.72 Å². The smallest absolute Gasteiger partial charge is 0.387 e. The molecule has 0 atom stereocenters. The predicted molar refractivity (Wildman–Crippen MR) is 85.7 cm³/mol. The summed E-state index contributed by atoms with van der Waals surface area (Å²) in [6.07, 6.45) is 2.69. The minimum atomic E-state index is -4.25. The maximum atomic E-state index is 13.9. The molecular weight excluding hydrogens is 398 g/mol. The molecule has 2 N–H and O–H groups in total. The Hall–Kier alpha value is -2.60. The number of anilines is 1. The highest BCUT2D eigenvalue weighted by Crippen LogP contribution is 2.29. The number of benzene rings is 1. The minimum Gasteiger partial charge on any atom is -0.432 e. The van der Waals surface area contributed by atoms with Crippen LogP contribution in [0.4, 0.5) is 23.2 Å². The van der Waals surface area contributed by atoms with E-state index in [4.69, 9.17) is 0 Å². The number of H-pyrrole nitrogens is 1. The van der Waals surface area contributed by atoms with Crippen molar-refractivity contribution in [1.82, 2.24) is 9.36 Å². The maximum absolute atomic E-state index is 13.9. The van der Waals surface area contributed by atoms with Gasteiger partial charge in [0.25, 0.3) is 10.0 Å². The summed E-state index contributed by atoms with van der Waals surface area (Å²) in [6, 6.07) is 2.04. The summed E-state index contributed by atoms with van der Waals surface area (Å²) < 4.78 is 86.0. The Kier molecular flexibility index (Phi) is 4.87. The molecule has 2 heterocycles. The van der Waals surface area contributed by atoms with Crippen molar-refractivity contribution in [2.45, 2.75) is 11.5 Å². The summed E-state index contributed by atoms with van der Waals surface area (Å²) in [6.45, 7) is -3.35. The van der Waals surface area contributed by atoms with Crippen LogP contribution in [-0.2, 0) is 10.0 Å². The van der Waals surface area contributed by atoms with Crippen LogP contribution in [0.2, 0.25) is 0 Å². The Morgan fingerprint density at radius 1 is 1.19 bits per heavy atom. The van der Waals surface area contributed by atoms with E-state index in [9.17, 15) is 26.0 Å². The molecule has 0 amide bonds. The van der Waals surface area contributed by atoms with E-state index in [1.165, 1.54) is 23.8 Å². The van der Waals surface area contributed by atoms with Gasteiger partial charge in [-0.15, -0.1) is 0 Å². The third-order valence-corrected chi connectivity index (χ3v) is 5.12. The van der Waals surface area contributed by atoms with E-state index < -0.39 is 39.7 Å². The molecule has 138 valence electrons. The number of alkyl halides is 2. The fraction of sp³-hybridized carbons (Fsp3) is 0.0714. The molecule has 0 fully saturated rings. The highest BCUT2D eigenvalue weighted by atomic mass is 32.2. The quantitative estimate of drug-likeness (QED) is 0.609. The summed E-state index contributed by atoms with van der Waals surface area (Å²) in [5.41, 5.74) is 0.373. The number of nitrogens with zero attached hydrogens (tertiary/aromatic N) is 1. The number of hydrogen-bond donors (Lipinski definition) is 2. The Bertz CT molecular complexity index is 1020. The molecule has 2 aromatic heterocycles. The second-order valence-electron chi connectivity index (χ2n) is 4.91. The van der Waals surface area contributed by atoms with E-state index in [0.717, 1.165) is 6.20 Å². The molecule has 1 aromatic carbocycles. The average Bonchev–Trinajstić information content (AvgIpc) is 3.22. The van der Waals surface area contributed by atoms with Crippen LogP contribution in [0, 0.1) is 11.6 Å². The van der Waals surface area contributed by atoms with Crippen molar-refractivity contribution in [3.05, 3.63) is 47.6 Å². The first kappa shape index (κ1) is 18.2. The Balaban J connectivity index is 1.87. The third kappa shape index (κ3) is 3.80. The Morgan fingerprint density at radius 2 is 1.96 bits per heavy atom. The van der Waals surface area contributed by atoms with Gasteiger partial charge < -0.3 is 9.72 Å². The SMILES string of the molecule is O=S(=O)(Nc1cc(F)c(OC(F)F)cc1F)c1c[nH]c(-c2cnsc2)c1. The van der Waals surface area contributed by atoms with Crippen LogP contribution in [-0.4, -0.2) is 24.4 Å². The van der Waals surface area contributed by atoms with Gasteiger partial charge in [0.05, 0.1) is 5.69 Å². The lowest BCUT2D eigenvalue weighted by Gasteiger charge is -2.11. The molecule has 0 bridgehead atoms. The standard InChI is InChI=1S/C14H9F4N3O3S2/c15-9-3-13(24-14(17)18)10(16)2-12(9)21-26(22,23)8-1-11(19-5-8)7-4-20-25-6-7/h1-6,14,19,21H. The molecule has 0 saturated carbocycles. The van der Waals surface area contributed by atoms with Crippen LogP contribution in [0.25, 0.3) is 11.3 Å². The minimum absolute atomic E-state index is 0.230. The van der Waals surface area contributed by atoms with E-state index in [-0.39, 0.29) is 4.90 Å². The van der Waals surface area contributed by atoms with Crippen molar-refractivity contribution in [2.24, 2.45) is 0 Å². The van der Waals surface area contributed by atoms with Gasteiger partial charge in [-0.05, 0) is 17.6 Å². The van der Waals surface area contributed by atoms with Gasteiger partial charge in [-0.25, -0.2) is 21.6 Å². The van der Waals surface area contributed by atoms with Crippen LogP contribution in [0.3, 0.4) is 0 Å². The monoisotopic (exact) mass is 407 g/mol. The number of halogens is 4. The average molecular weight is 407 g/mol. The first-order chi connectivity index (χ1) is 12.3. The third-order valence-electron chi connectivity index (χ3n) is 3.19. The lowest BCUT2D eigenvalue weighted by Crippen LogP contribution is -2.14. The van der Waals surface area contributed by atoms with Crippen molar-refractivity contribution in [3.8, 4) is 17.0 Å². The van der Waals surface area contributed by atoms with E-state index in [1.807, 2.05) is 4.72 Å². The number of hydrogen-bond acceptors (Lipinski definition) is 5. The molecule has 0 aliphatic carbocycles. The molecule has 12 heteroatoms. The van der Waals surface area contributed by atoms with E-state index >= 15 is 0 Å². The Labute approximate surface area is 148 Å². The number of nitrogens with one attached hydrogen (secondary N) is 2. The summed E-state index contributed by atoms with van der Waals surface area (Å²) >= 11 is 1.17. The zero-order valence-corrected chi connectivity index (χ0v) is 14.2. The van der Waals surface area contributed by atoms with Crippen LogP contribution >= 0.6 is 11.5 Å². The van der Waals surface area contributed by atoms with E-state index in [0.29, 0.717) is 23.4 Å². The largest absolute Gasteiger partial charge is 0.432 e. The maximum Gasteiger partial charge on any atom is 0.387 e. The van der Waals surface area contributed by atoms with Gasteiger partial charge in [-0.1, -0.05) is 0 Å². The fourth-order valence-electron chi connectivity index (χ4n) is 2.03. The Morgan fingerprint density at radius 3 is 2.62 bits per heavy atom. The fourth-order valence-corrected chi connectivity index (χ4v) is 3.62. The normalized spacial score (nSPS) is 11.7. The predicted octanol–water partition coefficient (Wildman–Crippen LogP) is 3.82. The number of ether oxygens (including phenoxy) is 1. The molecule has 26 heavy (non-hydrogen) atoms. The summed E-state index contributed by atoms with van der Waals surface area (Å²) in [4.78, 5) is 2.50. The number of sulfonamides is 1. The lowest BCUT2D eigenvalue weighted by molar-refractivity contribution is -0.0523. The highest BCUT2D eigenvalue weighted by Gasteiger charge is 2.21. The molecular formula is C14H9F4N3O3S2. The van der Waals surface area contributed by atoms with Crippen molar-refractivity contribution in [2.75, 3.05) is 4.72 Å². The van der Waals surface area contributed by atoms with Gasteiger partial charge >= 0.3 is 6.61 Å². The topological polar surface area (TPSA) is 84.1 Å². The second-order valence-corrected chi connectivity index (χ2v) is 7.25. The second kappa shape index (κ2) is 6.96. The van der Waals surface area contributed by atoms with Crippen LogP contribution in [0.5, 0.6) is 5.75 Å². The first-order valence-electron chi connectivity index (χ1n) is 6.81. The summed E-state index contributed by atoms with van der Waals surface area (Å²) in [5, 5.41) is 1.69. The number of rotatable bonds is 6. The summed E-state index contributed by atoms with van der Waals surface area (Å²) in [7, 11) is -4.25. The van der Waals surface area contributed by atoms with E-state index in [1.54, 1.807) is 5.38 Å². The van der Waals surface area contributed by atoms with Crippen LogP contribution in [0.1, 0.15) is 0 Å². The van der Waals surface area contributed by atoms with E-state index in [2.05, 4.69) is 14.1 Å². The van der Waals surface area contributed by atoms with Gasteiger partial charge in [0.2, 0.25) is 0 Å². The lowest BCUT2D eigenvalue weighted by atomic mass is 10.3. The van der Waals surface area contributed by atoms with Crippen LogP contribution in [0.15, 0.2) is 40.9 Å². The molecule has 3 rings (SSSR count). The van der Waals surface area contributed by atoms with Crippen molar-refractivity contribution in [1.29, 1.82) is 0 Å². The zero-order valence-electron chi connectivity index (χ0n) is 12.5. The van der Waals surface area contributed by atoms with Crippen LogP contribution < -0.4 is 9.46 Å². The molecule has 3 aromatic rings. The first-order valence-corrected chi connectivity index (χ1v) is 9.13.